The molecule has 0 radical (unpaired) electrons. The van der Waals surface area contributed by atoms with Gasteiger partial charge >= 0.3 is 0 Å². The van der Waals surface area contributed by atoms with Gasteiger partial charge in [-0.2, -0.15) is 0 Å². The Kier molecular flexibility index (Phi) is 5.62. The first-order valence-electron chi connectivity index (χ1n) is 7.02. The Labute approximate surface area is 130 Å². The number of aliphatic hydroxyl groups is 1. The molecule has 0 saturated carbocycles. The number of nitrogens with one attached hydrogen (secondary N) is 1. The Bertz CT molecular complexity index is 507. The molecule has 0 heterocycles. The van der Waals surface area contributed by atoms with E-state index < -0.39 is 0 Å². The molecule has 112 valence electrons. The molecule has 2 atom stereocenters. The van der Waals surface area contributed by atoms with Gasteiger partial charge in [0.15, 0.2) is 0 Å². The van der Waals surface area contributed by atoms with Gasteiger partial charge in [-0.15, -0.1) is 0 Å². The van der Waals surface area contributed by atoms with Crippen molar-refractivity contribution in [3.05, 3.63) is 64.7 Å². The minimum atomic E-state index is -0.330. The van der Waals surface area contributed by atoms with Crippen LogP contribution in [-0.4, -0.2) is 22.9 Å². The van der Waals surface area contributed by atoms with Crippen LogP contribution in [0.1, 0.15) is 30.5 Å². The lowest BCUT2D eigenvalue weighted by atomic mass is 9.98. The standard InChI is InChI=1S/C17H20ClNO2/c1-12(20)10-11-19-17(13-2-6-15(18)7-3-13)14-4-8-16(21)9-5-14/h2-9,12,17,19-21H,10-11H2,1H3. The first-order valence-corrected chi connectivity index (χ1v) is 7.40. The molecular weight excluding hydrogens is 286 g/mol. The molecule has 2 rings (SSSR count). The van der Waals surface area contributed by atoms with Gasteiger partial charge in [-0.1, -0.05) is 35.9 Å². The normalized spacial score (nSPS) is 13.9. The second kappa shape index (κ2) is 7.46. The van der Waals surface area contributed by atoms with Crippen molar-refractivity contribution in [2.24, 2.45) is 0 Å². The molecule has 0 amide bonds. The fraction of sp³-hybridized carbons (Fsp3) is 0.294. The van der Waals surface area contributed by atoms with E-state index in [1.165, 1.54) is 0 Å². The van der Waals surface area contributed by atoms with Gasteiger partial charge in [0.2, 0.25) is 0 Å². The maximum Gasteiger partial charge on any atom is 0.115 e. The van der Waals surface area contributed by atoms with E-state index in [1.807, 2.05) is 36.4 Å². The van der Waals surface area contributed by atoms with E-state index in [1.54, 1.807) is 19.1 Å². The lowest BCUT2D eigenvalue weighted by Gasteiger charge is -2.20. The van der Waals surface area contributed by atoms with Gasteiger partial charge in [-0.3, -0.25) is 0 Å². The topological polar surface area (TPSA) is 52.5 Å². The number of aliphatic hydroxyl groups excluding tert-OH is 1. The van der Waals surface area contributed by atoms with Crippen LogP contribution in [-0.2, 0) is 0 Å². The third kappa shape index (κ3) is 4.74. The molecule has 0 bridgehead atoms. The molecule has 0 aliphatic rings. The van der Waals surface area contributed by atoms with Crippen molar-refractivity contribution >= 4 is 11.6 Å². The zero-order chi connectivity index (χ0) is 15.2. The summed E-state index contributed by atoms with van der Waals surface area (Å²) in [6.45, 7) is 2.48. The maximum absolute atomic E-state index is 9.42. The van der Waals surface area contributed by atoms with Crippen LogP contribution in [0.2, 0.25) is 5.02 Å². The summed E-state index contributed by atoms with van der Waals surface area (Å²) in [4.78, 5) is 0. The van der Waals surface area contributed by atoms with E-state index >= 15 is 0 Å². The number of benzene rings is 2. The summed E-state index contributed by atoms with van der Waals surface area (Å²) in [6.07, 6.45) is 0.352. The molecule has 0 spiro atoms. The highest BCUT2D eigenvalue weighted by Gasteiger charge is 2.13. The van der Waals surface area contributed by atoms with Gasteiger partial charge in [0, 0.05) is 5.02 Å². The Hall–Kier alpha value is -1.55. The molecule has 2 aromatic carbocycles. The van der Waals surface area contributed by atoms with Gasteiger partial charge < -0.3 is 15.5 Å². The van der Waals surface area contributed by atoms with Crippen molar-refractivity contribution in [1.29, 1.82) is 0 Å². The summed E-state index contributed by atoms with van der Waals surface area (Å²) in [5.74, 6) is 0.248. The predicted octanol–water partition coefficient (Wildman–Crippen LogP) is 3.50. The number of hydrogen-bond donors (Lipinski definition) is 3. The third-order valence-corrected chi connectivity index (χ3v) is 3.59. The smallest absolute Gasteiger partial charge is 0.115 e. The lowest BCUT2D eigenvalue weighted by molar-refractivity contribution is 0.183. The van der Waals surface area contributed by atoms with Crippen molar-refractivity contribution in [3.63, 3.8) is 0 Å². The van der Waals surface area contributed by atoms with Crippen LogP contribution in [0.5, 0.6) is 5.75 Å². The second-order valence-corrected chi connectivity index (χ2v) is 5.60. The van der Waals surface area contributed by atoms with Crippen molar-refractivity contribution < 1.29 is 10.2 Å². The summed E-state index contributed by atoms with van der Waals surface area (Å²) >= 11 is 5.94. The number of phenols is 1. The van der Waals surface area contributed by atoms with Crippen LogP contribution in [0, 0.1) is 0 Å². The lowest BCUT2D eigenvalue weighted by Crippen LogP contribution is -2.25. The number of hydrogen-bond acceptors (Lipinski definition) is 3. The van der Waals surface area contributed by atoms with E-state index in [4.69, 9.17) is 11.6 Å². The largest absolute Gasteiger partial charge is 0.508 e. The van der Waals surface area contributed by atoms with Crippen molar-refractivity contribution in [1.82, 2.24) is 5.32 Å². The van der Waals surface area contributed by atoms with Crippen molar-refractivity contribution in [2.45, 2.75) is 25.5 Å². The summed E-state index contributed by atoms with van der Waals surface area (Å²) in [5, 5.41) is 23.0. The minimum Gasteiger partial charge on any atom is -0.508 e. The first-order chi connectivity index (χ1) is 10.1. The molecule has 0 aliphatic heterocycles. The van der Waals surface area contributed by atoms with E-state index in [2.05, 4.69) is 5.32 Å². The highest BCUT2D eigenvalue weighted by Crippen LogP contribution is 2.25. The Balaban J connectivity index is 2.21. The molecule has 3 nitrogen and oxygen atoms in total. The Morgan fingerprint density at radius 1 is 1.00 bits per heavy atom. The van der Waals surface area contributed by atoms with Crippen molar-refractivity contribution in [3.8, 4) is 5.75 Å². The fourth-order valence-corrected chi connectivity index (χ4v) is 2.31. The zero-order valence-corrected chi connectivity index (χ0v) is 12.7. The highest BCUT2D eigenvalue weighted by molar-refractivity contribution is 6.30. The molecule has 2 aromatic rings. The maximum atomic E-state index is 9.42. The molecule has 0 saturated heterocycles. The molecule has 0 fully saturated rings. The van der Waals surface area contributed by atoms with Crippen LogP contribution in [0.3, 0.4) is 0 Å². The Morgan fingerprint density at radius 2 is 1.52 bits per heavy atom. The third-order valence-electron chi connectivity index (χ3n) is 3.34. The molecule has 3 N–H and O–H groups in total. The summed E-state index contributed by atoms with van der Waals surface area (Å²) < 4.78 is 0. The second-order valence-electron chi connectivity index (χ2n) is 5.17. The van der Waals surface area contributed by atoms with Gasteiger partial charge in [-0.25, -0.2) is 0 Å². The quantitative estimate of drug-likeness (QED) is 0.765. The molecule has 4 heteroatoms. The van der Waals surface area contributed by atoms with E-state index in [9.17, 15) is 10.2 Å². The fourth-order valence-electron chi connectivity index (χ4n) is 2.19. The SMILES string of the molecule is CC(O)CCNC(c1ccc(O)cc1)c1ccc(Cl)cc1. The van der Waals surface area contributed by atoms with E-state index in [0.717, 1.165) is 11.1 Å². The van der Waals surface area contributed by atoms with Gasteiger partial charge in [-0.05, 0) is 55.3 Å². The number of phenolic OH excluding ortho intramolecular Hbond substituents is 1. The summed E-state index contributed by atoms with van der Waals surface area (Å²) in [6, 6.07) is 14.8. The molecule has 0 aromatic heterocycles. The van der Waals surface area contributed by atoms with Gasteiger partial charge in [0.05, 0.1) is 12.1 Å². The summed E-state index contributed by atoms with van der Waals surface area (Å²) in [5.41, 5.74) is 2.15. The Morgan fingerprint density at radius 3 is 2.05 bits per heavy atom. The van der Waals surface area contributed by atoms with Crippen LogP contribution >= 0.6 is 11.6 Å². The predicted molar refractivity (Wildman–Crippen MR) is 85.7 cm³/mol. The minimum absolute atomic E-state index is 0.00150. The molecular formula is C17H20ClNO2. The molecule has 0 aliphatic carbocycles. The van der Waals surface area contributed by atoms with Crippen LogP contribution in [0.15, 0.2) is 48.5 Å². The van der Waals surface area contributed by atoms with Crippen molar-refractivity contribution in [2.75, 3.05) is 6.54 Å². The average Bonchev–Trinajstić information content (AvgIpc) is 2.46. The van der Waals surface area contributed by atoms with Crippen LogP contribution < -0.4 is 5.32 Å². The highest BCUT2D eigenvalue weighted by atomic mass is 35.5. The number of rotatable bonds is 6. The van der Waals surface area contributed by atoms with Gasteiger partial charge in [0.25, 0.3) is 0 Å². The number of aromatic hydroxyl groups is 1. The number of halogens is 1. The van der Waals surface area contributed by atoms with Gasteiger partial charge in [0.1, 0.15) is 5.75 Å². The van der Waals surface area contributed by atoms with E-state index in [0.29, 0.717) is 18.0 Å². The molecule has 2 unspecified atom stereocenters. The zero-order valence-electron chi connectivity index (χ0n) is 12.0. The average molecular weight is 306 g/mol. The first kappa shape index (κ1) is 15.8. The van der Waals surface area contributed by atoms with Crippen LogP contribution in [0.25, 0.3) is 0 Å². The van der Waals surface area contributed by atoms with E-state index in [-0.39, 0.29) is 17.9 Å². The van der Waals surface area contributed by atoms with Crippen LogP contribution in [0.4, 0.5) is 0 Å². The molecule has 21 heavy (non-hydrogen) atoms. The monoisotopic (exact) mass is 305 g/mol. The summed E-state index contributed by atoms with van der Waals surface area (Å²) in [7, 11) is 0.